The zero-order valence-electron chi connectivity index (χ0n) is 18.7. The Morgan fingerprint density at radius 1 is 1.09 bits per heavy atom. The maximum Gasteiger partial charge on any atom is 0.253 e. The summed E-state index contributed by atoms with van der Waals surface area (Å²) in [7, 11) is 0. The average molecular weight is 453 g/mol. The first-order valence-electron chi connectivity index (χ1n) is 11.7. The minimum Gasteiger partial charge on any atom is -0.410 e. The number of nitrogens with zero attached hydrogens (tertiary/aromatic N) is 5. The summed E-state index contributed by atoms with van der Waals surface area (Å²) in [5, 5.41) is 20.2. The largest absolute Gasteiger partial charge is 0.410 e. The fourth-order valence-corrected chi connectivity index (χ4v) is 6.93. The Balaban J connectivity index is 1.26. The number of carbonyl (C=O) groups excluding carboxylic acids is 3. The molecule has 1 aromatic heterocycles. The van der Waals surface area contributed by atoms with E-state index in [4.69, 9.17) is 0 Å². The molecule has 3 saturated heterocycles. The highest BCUT2D eigenvalue weighted by molar-refractivity contribution is 5.97. The molecule has 1 saturated carbocycles. The van der Waals surface area contributed by atoms with Crippen molar-refractivity contribution in [3.63, 3.8) is 0 Å². The van der Waals surface area contributed by atoms with Crippen molar-refractivity contribution in [3.8, 4) is 0 Å². The highest BCUT2D eigenvalue weighted by atomic mass is 16.5. The van der Waals surface area contributed by atoms with E-state index >= 15 is 0 Å². The van der Waals surface area contributed by atoms with Crippen LogP contribution in [-0.4, -0.2) is 80.1 Å². The second-order valence-corrected chi connectivity index (χ2v) is 10.5. The van der Waals surface area contributed by atoms with Gasteiger partial charge in [0.15, 0.2) is 0 Å². The average Bonchev–Trinajstić information content (AvgIpc) is 3.51. The van der Waals surface area contributed by atoms with Gasteiger partial charge in [0.2, 0.25) is 11.8 Å². The fourth-order valence-electron chi connectivity index (χ4n) is 6.93. The van der Waals surface area contributed by atoms with Crippen molar-refractivity contribution in [2.24, 2.45) is 16.7 Å². The van der Waals surface area contributed by atoms with E-state index in [-0.39, 0.29) is 34.5 Å². The van der Waals surface area contributed by atoms with E-state index in [2.05, 4.69) is 15.6 Å². The van der Waals surface area contributed by atoms with Crippen molar-refractivity contribution in [3.05, 3.63) is 23.8 Å². The van der Waals surface area contributed by atoms with Crippen LogP contribution < -0.4 is 5.32 Å². The number of fused-ring (bicyclic) bond motifs is 1. The molecule has 33 heavy (non-hydrogen) atoms. The molecule has 4 unspecified atom stereocenters. The normalized spacial score (nSPS) is 33.3. The van der Waals surface area contributed by atoms with Crippen LogP contribution in [0.2, 0.25) is 0 Å². The second-order valence-electron chi connectivity index (χ2n) is 10.5. The predicted molar refractivity (Wildman–Crippen MR) is 116 cm³/mol. The Morgan fingerprint density at radius 3 is 2.39 bits per heavy atom. The molecule has 10 nitrogen and oxygen atoms in total. The zero-order valence-corrected chi connectivity index (χ0v) is 18.7. The topological polar surface area (TPSA) is 121 Å². The summed E-state index contributed by atoms with van der Waals surface area (Å²) >= 11 is 0. The van der Waals surface area contributed by atoms with Crippen molar-refractivity contribution in [2.45, 2.75) is 45.1 Å². The van der Waals surface area contributed by atoms with E-state index in [1.54, 1.807) is 18.2 Å². The van der Waals surface area contributed by atoms with E-state index in [0.717, 1.165) is 25.7 Å². The quantitative estimate of drug-likeness (QED) is 0.657. The Morgan fingerprint density at radius 2 is 1.76 bits per heavy atom. The van der Waals surface area contributed by atoms with Gasteiger partial charge in [0.05, 0.1) is 0 Å². The molecule has 0 spiro atoms. The molecule has 6 rings (SSSR count). The van der Waals surface area contributed by atoms with Crippen LogP contribution in [-0.2, 0) is 9.59 Å². The lowest BCUT2D eigenvalue weighted by Gasteiger charge is -2.41. The highest BCUT2D eigenvalue weighted by Crippen LogP contribution is 2.60. The third kappa shape index (κ3) is 2.88. The number of benzene rings is 1. The predicted octanol–water partition coefficient (Wildman–Crippen LogP) is 1.04. The van der Waals surface area contributed by atoms with Gasteiger partial charge in [0.1, 0.15) is 17.1 Å². The summed E-state index contributed by atoms with van der Waals surface area (Å²) < 4.78 is 0. The van der Waals surface area contributed by atoms with Gasteiger partial charge in [-0.3, -0.25) is 14.4 Å². The number of rotatable bonds is 2. The van der Waals surface area contributed by atoms with Gasteiger partial charge < -0.3 is 20.3 Å². The number of hydrogen-bond acceptors (Lipinski definition) is 6. The maximum absolute atomic E-state index is 13.5. The number of hydrogen-bond donors (Lipinski definition) is 2. The van der Waals surface area contributed by atoms with Crippen LogP contribution in [0.1, 0.15) is 49.4 Å². The Labute approximate surface area is 190 Å². The molecule has 0 bridgehead atoms. The lowest BCUT2D eigenvalue weighted by Crippen LogP contribution is -2.47. The van der Waals surface area contributed by atoms with Gasteiger partial charge in [-0.2, -0.15) is 0 Å². The fraction of sp³-hybridized carbons (Fsp3) is 0.609. The monoisotopic (exact) mass is 452 g/mol. The number of aromatic nitrogens is 3. The van der Waals surface area contributed by atoms with E-state index in [1.807, 2.05) is 16.7 Å². The van der Waals surface area contributed by atoms with Gasteiger partial charge in [-0.25, -0.2) is 0 Å². The van der Waals surface area contributed by atoms with Crippen molar-refractivity contribution in [1.29, 1.82) is 0 Å². The van der Waals surface area contributed by atoms with Gasteiger partial charge in [0.25, 0.3) is 5.91 Å². The molecule has 2 N–H and O–H groups in total. The number of carbonyl (C=O) groups is 3. The minimum atomic E-state index is -0.437. The molecule has 4 fully saturated rings. The minimum absolute atomic E-state index is 0.00455. The van der Waals surface area contributed by atoms with Crippen LogP contribution in [0.25, 0.3) is 11.0 Å². The Kier molecular flexibility index (Phi) is 4.28. The summed E-state index contributed by atoms with van der Waals surface area (Å²) in [5.74, 6) is -0.0924. The molecule has 1 aliphatic carbocycles. The molecular weight excluding hydrogens is 424 g/mol. The molecular formula is C23H28N6O4. The first-order valence-corrected chi connectivity index (χ1v) is 11.7. The Hall–Kier alpha value is -3.17. The molecule has 2 aromatic rings. The van der Waals surface area contributed by atoms with Crippen LogP contribution in [0.15, 0.2) is 18.2 Å². The first kappa shape index (κ1) is 20.4. The van der Waals surface area contributed by atoms with Crippen molar-refractivity contribution < 1.29 is 19.6 Å². The van der Waals surface area contributed by atoms with Crippen molar-refractivity contribution in [2.75, 3.05) is 26.2 Å². The van der Waals surface area contributed by atoms with Crippen molar-refractivity contribution in [1.82, 2.24) is 30.3 Å². The van der Waals surface area contributed by atoms with E-state index in [0.29, 0.717) is 54.0 Å². The number of amides is 3. The summed E-state index contributed by atoms with van der Waals surface area (Å²) in [5.41, 5.74) is 1.22. The summed E-state index contributed by atoms with van der Waals surface area (Å²) in [4.78, 5) is 43.2. The molecule has 3 aliphatic heterocycles. The molecule has 4 aliphatic rings. The van der Waals surface area contributed by atoms with E-state index in [9.17, 15) is 19.6 Å². The van der Waals surface area contributed by atoms with Gasteiger partial charge in [-0.05, 0) is 42.2 Å². The molecule has 4 heterocycles. The molecule has 3 amide bonds. The third-order valence-electron chi connectivity index (χ3n) is 8.59. The second kappa shape index (κ2) is 6.91. The number of nitrogens with one attached hydrogen (secondary N) is 1. The van der Waals surface area contributed by atoms with E-state index in [1.165, 1.54) is 0 Å². The number of likely N-dealkylation sites (tertiary alicyclic amines) is 2. The summed E-state index contributed by atoms with van der Waals surface area (Å²) in [6.45, 7) is 4.47. The highest BCUT2D eigenvalue weighted by Gasteiger charge is 2.65. The smallest absolute Gasteiger partial charge is 0.253 e. The zero-order chi connectivity index (χ0) is 23.0. The van der Waals surface area contributed by atoms with Crippen LogP contribution in [0.4, 0.5) is 0 Å². The van der Waals surface area contributed by atoms with Gasteiger partial charge in [-0.15, -0.1) is 5.10 Å². The molecule has 0 radical (unpaired) electrons. The molecule has 1 aromatic carbocycles. The summed E-state index contributed by atoms with van der Waals surface area (Å²) in [6, 6.07) is 4.62. The first-order chi connectivity index (χ1) is 15.8. The van der Waals surface area contributed by atoms with Crippen LogP contribution in [0, 0.1) is 16.7 Å². The van der Waals surface area contributed by atoms with Crippen LogP contribution in [0.3, 0.4) is 0 Å². The van der Waals surface area contributed by atoms with Crippen LogP contribution >= 0.6 is 0 Å². The van der Waals surface area contributed by atoms with Crippen LogP contribution in [0.5, 0.6) is 0 Å². The molecule has 4 atom stereocenters. The Bertz CT molecular complexity index is 1150. The standard InChI is InChI=1S/C23H28N6O4/c1-14-8-18(30)24-19(14)21(32)28-12-22-6-2-3-7-23(22,13-28)11-27(10-22)20(31)15-4-5-16-17(9-15)29(33)26-25-16/h4-5,9,14,19,33H,2-3,6-8,10-13H2,1H3,(H,24,30). The van der Waals surface area contributed by atoms with Gasteiger partial charge in [0, 0.05) is 49.0 Å². The SMILES string of the molecule is CC1CC(=O)NC1C(=O)N1CC23CCCCC2(CN(C(=O)c2ccc4nnn(O)c4c2)C3)C1. The van der Waals surface area contributed by atoms with Crippen molar-refractivity contribution >= 4 is 28.8 Å². The lowest BCUT2D eigenvalue weighted by molar-refractivity contribution is -0.134. The molecule has 174 valence electrons. The lowest BCUT2D eigenvalue weighted by atomic mass is 9.60. The van der Waals surface area contributed by atoms with Gasteiger partial charge in [-0.1, -0.05) is 24.6 Å². The third-order valence-corrected chi connectivity index (χ3v) is 8.59. The maximum atomic E-state index is 13.5. The van der Waals surface area contributed by atoms with Gasteiger partial charge >= 0.3 is 0 Å². The van der Waals surface area contributed by atoms with E-state index < -0.39 is 6.04 Å². The molecule has 10 heteroatoms. The summed E-state index contributed by atoms with van der Waals surface area (Å²) in [6.07, 6.45) is 4.60.